The Balaban J connectivity index is 4.35. The number of esters is 3. The second kappa shape index (κ2) is 56.0. The van der Waals surface area contributed by atoms with Crippen LogP contribution in [0.2, 0.25) is 0 Å². The van der Waals surface area contributed by atoms with Gasteiger partial charge in [-0.25, -0.2) is 0 Å². The van der Waals surface area contributed by atoms with Crippen LogP contribution in [0.5, 0.6) is 0 Å². The minimum atomic E-state index is -0.791. The fraction of sp³-hybridized carbons (Fsp3) is 0.820. The highest BCUT2D eigenvalue weighted by molar-refractivity contribution is 5.71. The summed E-state index contributed by atoms with van der Waals surface area (Å²) in [5.74, 6) is -0.910. The summed E-state index contributed by atoms with van der Waals surface area (Å²) in [5.41, 5.74) is 0. The van der Waals surface area contributed by atoms with Crippen LogP contribution in [-0.4, -0.2) is 37.2 Å². The van der Waals surface area contributed by atoms with Crippen LogP contribution in [0.3, 0.4) is 0 Å². The number of unbranched alkanes of at least 4 members (excludes halogenated alkanes) is 34. The average Bonchev–Trinajstić information content (AvgIpc) is 3.33. The van der Waals surface area contributed by atoms with E-state index >= 15 is 0 Å². The molecule has 0 aliphatic heterocycles. The first kappa shape index (κ1) is 64.4. The first-order valence-electron chi connectivity index (χ1n) is 29.1. The Morgan fingerprint density at radius 1 is 0.313 bits per heavy atom. The second-order valence-corrected chi connectivity index (χ2v) is 19.5. The molecule has 0 spiro atoms. The van der Waals surface area contributed by atoms with E-state index in [4.69, 9.17) is 14.2 Å². The lowest BCUT2D eigenvalue weighted by Gasteiger charge is -2.18. The third-order valence-electron chi connectivity index (χ3n) is 12.8. The van der Waals surface area contributed by atoms with E-state index in [0.717, 1.165) is 77.0 Å². The summed E-state index contributed by atoms with van der Waals surface area (Å²) in [5, 5.41) is 0. The highest BCUT2D eigenvalue weighted by Gasteiger charge is 2.19. The Morgan fingerprint density at radius 2 is 0.582 bits per heavy atom. The van der Waals surface area contributed by atoms with E-state index in [1.165, 1.54) is 180 Å². The standard InChI is InChI=1S/C61H110O6/c1-4-7-10-13-16-19-22-25-28-29-30-31-32-34-36-39-42-45-48-51-54-60(63)66-57-58(56-65-59(62)53-50-47-44-41-38-35-27-24-21-18-15-12-9-6-3)67-61(64)55-52-49-46-43-40-37-33-26-23-20-17-14-11-8-5-2/h8,11,17,20,26,33,40,43,58H,4-7,9-10,12-16,18-19,21-25,27-32,34-39,41-42,44-57H2,1-3H3/b11-8-,20-17-,33-26-,43-40-. The van der Waals surface area contributed by atoms with Crippen LogP contribution in [0.15, 0.2) is 48.6 Å². The van der Waals surface area contributed by atoms with E-state index in [1.807, 2.05) is 0 Å². The summed E-state index contributed by atoms with van der Waals surface area (Å²) in [6.07, 6.45) is 68.2. The van der Waals surface area contributed by atoms with Crippen molar-refractivity contribution < 1.29 is 28.6 Å². The molecule has 0 radical (unpaired) electrons. The van der Waals surface area contributed by atoms with Crippen LogP contribution in [0, 0.1) is 0 Å². The predicted octanol–water partition coefficient (Wildman–Crippen LogP) is 19.4. The van der Waals surface area contributed by atoms with Crippen molar-refractivity contribution in [1.82, 2.24) is 0 Å². The van der Waals surface area contributed by atoms with Gasteiger partial charge in [-0.3, -0.25) is 14.4 Å². The molecular formula is C61H110O6. The van der Waals surface area contributed by atoms with Gasteiger partial charge in [0.1, 0.15) is 13.2 Å². The first-order valence-corrected chi connectivity index (χ1v) is 29.1. The number of carbonyl (C=O) groups is 3. The van der Waals surface area contributed by atoms with E-state index in [1.54, 1.807) is 0 Å². The molecule has 1 unspecified atom stereocenters. The number of rotatable bonds is 53. The summed E-state index contributed by atoms with van der Waals surface area (Å²) in [6.45, 7) is 6.53. The monoisotopic (exact) mass is 939 g/mol. The average molecular weight is 940 g/mol. The zero-order chi connectivity index (χ0) is 48.6. The molecule has 0 bridgehead atoms. The van der Waals surface area contributed by atoms with Crippen LogP contribution in [0.25, 0.3) is 0 Å². The molecule has 6 nitrogen and oxygen atoms in total. The molecule has 6 heteroatoms. The highest BCUT2D eigenvalue weighted by atomic mass is 16.6. The summed E-state index contributed by atoms with van der Waals surface area (Å²) >= 11 is 0. The molecule has 0 aliphatic rings. The molecule has 0 aromatic carbocycles. The molecular weight excluding hydrogens is 829 g/mol. The molecule has 1 atom stereocenters. The lowest BCUT2D eigenvalue weighted by molar-refractivity contribution is -0.167. The molecule has 67 heavy (non-hydrogen) atoms. The molecule has 0 rings (SSSR count). The number of carbonyl (C=O) groups excluding carboxylic acids is 3. The van der Waals surface area contributed by atoms with Crippen LogP contribution < -0.4 is 0 Å². The van der Waals surface area contributed by atoms with Gasteiger partial charge in [-0.15, -0.1) is 0 Å². The van der Waals surface area contributed by atoms with Crippen molar-refractivity contribution in [3.8, 4) is 0 Å². The van der Waals surface area contributed by atoms with Gasteiger partial charge in [-0.05, 0) is 57.8 Å². The fourth-order valence-corrected chi connectivity index (χ4v) is 8.49. The van der Waals surface area contributed by atoms with Gasteiger partial charge in [-0.1, -0.05) is 275 Å². The smallest absolute Gasteiger partial charge is 0.306 e. The number of ether oxygens (including phenoxy) is 3. The SMILES string of the molecule is CC/C=C\C/C=C\C/C=C\C/C=C\CCCCC(=O)OC(COC(=O)CCCCCCCCCCCCCCCC)COC(=O)CCCCCCCCCCCCCCCCCCCCCC. The maximum atomic E-state index is 12.8. The van der Waals surface area contributed by atoms with Crippen molar-refractivity contribution in [2.24, 2.45) is 0 Å². The van der Waals surface area contributed by atoms with Gasteiger partial charge >= 0.3 is 17.9 Å². The van der Waals surface area contributed by atoms with Crippen LogP contribution in [-0.2, 0) is 28.6 Å². The van der Waals surface area contributed by atoms with Gasteiger partial charge in [0.2, 0.25) is 0 Å². The molecule has 0 aromatic rings. The Kier molecular flexibility index (Phi) is 53.8. The topological polar surface area (TPSA) is 78.9 Å². The predicted molar refractivity (Wildman–Crippen MR) is 289 cm³/mol. The summed E-state index contributed by atoms with van der Waals surface area (Å²) in [7, 11) is 0. The van der Waals surface area contributed by atoms with Gasteiger partial charge in [0.25, 0.3) is 0 Å². The minimum Gasteiger partial charge on any atom is -0.462 e. The number of hydrogen-bond donors (Lipinski definition) is 0. The largest absolute Gasteiger partial charge is 0.462 e. The lowest BCUT2D eigenvalue weighted by atomic mass is 10.0. The van der Waals surface area contributed by atoms with Crippen LogP contribution in [0.4, 0.5) is 0 Å². The maximum Gasteiger partial charge on any atom is 0.306 e. The van der Waals surface area contributed by atoms with Gasteiger partial charge in [0.15, 0.2) is 6.10 Å². The zero-order valence-electron chi connectivity index (χ0n) is 44.7. The van der Waals surface area contributed by atoms with Crippen molar-refractivity contribution >= 4 is 17.9 Å². The van der Waals surface area contributed by atoms with Crippen molar-refractivity contribution in [3.63, 3.8) is 0 Å². The molecule has 0 N–H and O–H groups in total. The Morgan fingerprint density at radius 3 is 0.910 bits per heavy atom. The van der Waals surface area contributed by atoms with Crippen molar-refractivity contribution in [2.45, 2.75) is 309 Å². The Bertz CT molecular complexity index is 1170. The molecule has 0 aliphatic carbocycles. The zero-order valence-corrected chi connectivity index (χ0v) is 44.7. The third-order valence-corrected chi connectivity index (χ3v) is 12.8. The number of hydrogen-bond acceptors (Lipinski definition) is 6. The summed E-state index contributed by atoms with van der Waals surface area (Å²) < 4.78 is 16.8. The molecule has 0 fully saturated rings. The van der Waals surface area contributed by atoms with Crippen LogP contribution >= 0.6 is 0 Å². The second-order valence-electron chi connectivity index (χ2n) is 19.5. The minimum absolute atomic E-state index is 0.0855. The van der Waals surface area contributed by atoms with Crippen LogP contribution in [0.1, 0.15) is 303 Å². The summed E-state index contributed by atoms with van der Waals surface area (Å²) in [6, 6.07) is 0. The van der Waals surface area contributed by atoms with E-state index in [9.17, 15) is 14.4 Å². The van der Waals surface area contributed by atoms with Gasteiger partial charge in [-0.2, -0.15) is 0 Å². The molecule has 0 saturated heterocycles. The van der Waals surface area contributed by atoms with Gasteiger partial charge in [0, 0.05) is 19.3 Å². The summed E-state index contributed by atoms with van der Waals surface area (Å²) in [4.78, 5) is 38.1. The first-order chi connectivity index (χ1) is 33.0. The molecule has 0 heterocycles. The molecule has 0 saturated carbocycles. The van der Waals surface area contributed by atoms with E-state index in [0.29, 0.717) is 19.3 Å². The Labute approximate surface area is 416 Å². The number of allylic oxidation sites excluding steroid dienone is 8. The quantitative estimate of drug-likeness (QED) is 0.0262. The highest BCUT2D eigenvalue weighted by Crippen LogP contribution is 2.17. The van der Waals surface area contributed by atoms with Gasteiger partial charge in [0.05, 0.1) is 0 Å². The normalized spacial score (nSPS) is 12.3. The van der Waals surface area contributed by atoms with Crippen molar-refractivity contribution in [1.29, 1.82) is 0 Å². The van der Waals surface area contributed by atoms with Crippen molar-refractivity contribution in [2.75, 3.05) is 13.2 Å². The van der Waals surface area contributed by atoms with Crippen molar-refractivity contribution in [3.05, 3.63) is 48.6 Å². The molecule has 0 amide bonds. The van der Waals surface area contributed by atoms with E-state index in [2.05, 4.69) is 69.4 Å². The third kappa shape index (κ3) is 54.2. The van der Waals surface area contributed by atoms with E-state index < -0.39 is 6.10 Å². The van der Waals surface area contributed by atoms with E-state index in [-0.39, 0.29) is 37.5 Å². The maximum absolute atomic E-state index is 12.8. The molecule has 390 valence electrons. The van der Waals surface area contributed by atoms with Gasteiger partial charge < -0.3 is 14.2 Å². The fourth-order valence-electron chi connectivity index (χ4n) is 8.49. The molecule has 0 aromatic heterocycles. The lowest BCUT2D eigenvalue weighted by Crippen LogP contribution is -2.30. The Hall–Kier alpha value is -2.63.